The standard InChI is InChI=1S/C33H51IN8O3Si/c1-14-25-16-35-30-24(6)36-26(19-41(25)30)28-23(5)37-40(11)32(28)44-21(3)17-39(10)20-27-29(34)31(43-15-2)38-42(27)18-22(4)45-46(12,13)33(7,8)9/h14,16,19,21-22H,1,15,17-18,20H2,2-13H3/t21-,22-/m0/s1. The maximum atomic E-state index is 6.68. The average Bonchev–Trinajstić information content (AvgIpc) is 3.57. The summed E-state index contributed by atoms with van der Waals surface area (Å²) < 4.78 is 26.1. The largest absolute Gasteiger partial charge is 0.476 e. The Labute approximate surface area is 288 Å². The lowest BCUT2D eigenvalue weighted by molar-refractivity contribution is 0.143. The normalized spacial score (nSPS) is 13.9. The third-order valence-corrected chi connectivity index (χ3v) is 14.3. The van der Waals surface area contributed by atoms with Crippen molar-refractivity contribution in [1.29, 1.82) is 0 Å². The zero-order valence-corrected chi connectivity index (χ0v) is 32.8. The second kappa shape index (κ2) is 14.2. The lowest BCUT2D eigenvalue weighted by atomic mass is 10.2. The Morgan fingerprint density at radius 3 is 2.46 bits per heavy atom. The van der Waals surface area contributed by atoms with Gasteiger partial charge in [-0.2, -0.15) is 5.10 Å². The fourth-order valence-corrected chi connectivity index (χ4v) is 7.57. The minimum Gasteiger partial charge on any atom is -0.476 e. The number of aryl methyl sites for hydroxylation is 3. The Hall–Kier alpha value is -2.75. The van der Waals surface area contributed by atoms with E-state index in [1.807, 2.05) is 38.4 Å². The summed E-state index contributed by atoms with van der Waals surface area (Å²) in [7, 11) is 2.09. The summed E-state index contributed by atoms with van der Waals surface area (Å²) in [5, 5.41) is 9.69. The van der Waals surface area contributed by atoms with Crippen molar-refractivity contribution in [2.45, 2.75) is 98.8 Å². The summed E-state index contributed by atoms with van der Waals surface area (Å²) in [5.41, 5.74) is 6.14. The molecule has 252 valence electrons. The van der Waals surface area contributed by atoms with Crippen LogP contribution in [0.1, 0.15) is 64.3 Å². The lowest BCUT2D eigenvalue weighted by Crippen LogP contribution is -2.44. The molecule has 0 aliphatic heterocycles. The molecule has 0 aliphatic rings. The molecule has 0 fully saturated rings. The highest BCUT2D eigenvalue weighted by Crippen LogP contribution is 2.38. The summed E-state index contributed by atoms with van der Waals surface area (Å²) >= 11 is 2.36. The van der Waals surface area contributed by atoms with Gasteiger partial charge < -0.3 is 13.9 Å². The zero-order chi connectivity index (χ0) is 34.1. The molecule has 0 saturated carbocycles. The van der Waals surface area contributed by atoms with Gasteiger partial charge in [-0.05, 0) is 88.5 Å². The smallest absolute Gasteiger partial charge is 0.246 e. The first kappa shape index (κ1) is 36.1. The number of likely N-dealkylation sites (N-methyl/N-ethyl adjacent to an activating group) is 1. The Bertz CT molecular complexity index is 1690. The molecule has 0 aliphatic carbocycles. The molecule has 0 bridgehead atoms. The van der Waals surface area contributed by atoms with Crippen LogP contribution in [0.5, 0.6) is 11.8 Å². The van der Waals surface area contributed by atoms with E-state index in [-0.39, 0.29) is 17.2 Å². The zero-order valence-electron chi connectivity index (χ0n) is 29.6. The van der Waals surface area contributed by atoms with Crippen molar-refractivity contribution in [1.82, 2.24) is 38.8 Å². The molecule has 0 aromatic carbocycles. The van der Waals surface area contributed by atoms with E-state index in [0.29, 0.717) is 38.0 Å². The van der Waals surface area contributed by atoms with Crippen molar-refractivity contribution in [3.8, 4) is 23.0 Å². The van der Waals surface area contributed by atoms with Gasteiger partial charge in [0, 0.05) is 26.3 Å². The molecule has 0 radical (unpaired) electrons. The van der Waals surface area contributed by atoms with E-state index in [4.69, 9.17) is 29.1 Å². The summed E-state index contributed by atoms with van der Waals surface area (Å²) in [5.74, 6) is 1.35. The van der Waals surface area contributed by atoms with Crippen LogP contribution >= 0.6 is 22.6 Å². The molecule has 4 heterocycles. The van der Waals surface area contributed by atoms with Crippen LogP contribution in [0.4, 0.5) is 0 Å². The molecular weight excluding hydrogens is 711 g/mol. The fraction of sp³-hybridized carbons (Fsp3) is 0.576. The number of nitrogens with zero attached hydrogens (tertiary/aromatic N) is 8. The maximum Gasteiger partial charge on any atom is 0.246 e. The fourth-order valence-electron chi connectivity index (χ4n) is 5.43. The molecule has 0 N–H and O–H groups in total. The van der Waals surface area contributed by atoms with Crippen LogP contribution in [0.3, 0.4) is 0 Å². The van der Waals surface area contributed by atoms with E-state index < -0.39 is 8.32 Å². The molecule has 4 aromatic rings. The minimum absolute atomic E-state index is 0.0187. The molecule has 13 heteroatoms. The predicted octanol–water partition coefficient (Wildman–Crippen LogP) is 6.90. The lowest BCUT2D eigenvalue weighted by Gasteiger charge is -2.38. The number of hydrogen-bond donors (Lipinski definition) is 0. The van der Waals surface area contributed by atoms with Crippen molar-refractivity contribution in [3.05, 3.63) is 45.3 Å². The van der Waals surface area contributed by atoms with E-state index in [1.165, 1.54) is 0 Å². The highest BCUT2D eigenvalue weighted by atomic mass is 127. The first-order chi connectivity index (χ1) is 21.5. The van der Waals surface area contributed by atoms with Crippen LogP contribution < -0.4 is 9.47 Å². The second-order valence-corrected chi connectivity index (χ2v) is 19.5. The number of imidazole rings is 1. The van der Waals surface area contributed by atoms with Gasteiger partial charge >= 0.3 is 0 Å². The van der Waals surface area contributed by atoms with Crippen LogP contribution in [0.25, 0.3) is 23.0 Å². The third kappa shape index (κ3) is 7.68. The van der Waals surface area contributed by atoms with Gasteiger partial charge in [0.2, 0.25) is 11.8 Å². The van der Waals surface area contributed by atoms with Crippen molar-refractivity contribution in [2.24, 2.45) is 7.05 Å². The van der Waals surface area contributed by atoms with Gasteiger partial charge in [-0.1, -0.05) is 27.4 Å². The SMILES string of the molecule is C=Cc1cnc2c(C)nc(-c3c(C)nn(C)c3O[C@@H](C)CN(C)Cc3c(I)c(OCC)nn3C[C@H](C)O[Si](C)(C)C(C)(C)C)cn12. The van der Waals surface area contributed by atoms with Crippen LogP contribution in [-0.4, -0.2) is 79.6 Å². The molecule has 4 aromatic heterocycles. The first-order valence-corrected chi connectivity index (χ1v) is 19.9. The Balaban J connectivity index is 1.53. The quantitative estimate of drug-likeness (QED) is 0.101. The third-order valence-electron chi connectivity index (χ3n) is 8.60. The summed E-state index contributed by atoms with van der Waals surface area (Å²) in [6.45, 7) is 28.1. The van der Waals surface area contributed by atoms with E-state index in [2.05, 4.69) is 98.5 Å². The molecule has 11 nitrogen and oxygen atoms in total. The van der Waals surface area contributed by atoms with Gasteiger partial charge in [-0.3, -0.25) is 14.0 Å². The van der Waals surface area contributed by atoms with Gasteiger partial charge in [0.25, 0.3) is 0 Å². The molecule has 0 spiro atoms. The number of aromatic nitrogens is 7. The summed E-state index contributed by atoms with van der Waals surface area (Å²) in [4.78, 5) is 11.6. The topological polar surface area (TPSA) is 96.8 Å². The van der Waals surface area contributed by atoms with E-state index >= 15 is 0 Å². The molecule has 46 heavy (non-hydrogen) atoms. The first-order valence-electron chi connectivity index (χ1n) is 15.9. The second-order valence-electron chi connectivity index (χ2n) is 13.7. The number of halogens is 1. The van der Waals surface area contributed by atoms with E-state index in [0.717, 1.165) is 43.3 Å². The molecule has 0 saturated heterocycles. The highest BCUT2D eigenvalue weighted by molar-refractivity contribution is 14.1. The molecule has 4 rings (SSSR count). The van der Waals surface area contributed by atoms with Crippen molar-refractivity contribution in [3.63, 3.8) is 0 Å². The van der Waals surface area contributed by atoms with Gasteiger partial charge in [0.1, 0.15) is 6.10 Å². The van der Waals surface area contributed by atoms with Gasteiger partial charge in [-0.25, -0.2) is 14.6 Å². The highest BCUT2D eigenvalue weighted by Gasteiger charge is 2.38. The molecule has 0 amide bonds. The van der Waals surface area contributed by atoms with Crippen molar-refractivity contribution < 1.29 is 13.9 Å². The molecule has 0 unspecified atom stereocenters. The van der Waals surface area contributed by atoms with Gasteiger partial charge in [-0.15, -0.1) is 5.10 Å². The molecule has 2 atom stereocenters. The number of hydrogen-bond acceptors (Lipinski definition) is 8. The maximum absolute atomic E-state index is 6.68. The number of fused-ring (bicyclic) bond motifs is 1. The van der Waals surface area contributed by atoms with Crippen molar-refractivity contribution >= 4 is 42.6 Å². The van der Waals surface area contributed by atoms with E-state index in [9.17, 15) is 0 Å². The van der Waals surface area contributed by atoms with Gasteiger partial charge in [0.15, 0.2) is 14.0 Å². The summed E-state index contributed by atoms with van der Waals surface area (Å²) in [6, 6.07) is 0. The van der Waals surface area contributed by atoms with Crippen LogP contribution in [0, 0.1) is 17.4 Å². The number of rotatable bonds is 14. The minimum atomic E-state index is -1.92. The van der Waals surface area contributed by atoms with Crippen LogP contribution in [0.15, 0.2) is 19.0 Å². The Morgan fingerprint density at radius 2 is 1.83 bits per heavy atom. The summed E-state index contributed by atoms with van der Waals surface area (Å²) in [6.07, 6.45) is 5.46. The monoisotopic (exact) mass is 762 g/mol. The van der Waals surface area contributed by atoms with E-state index in [1.54, 1.807) is 17.0 Å². The van der Waals surface area contributed by atoms with Crippen molar-refractivity contribution in [2.75, 3.05) is 20.2 Å². The number of ether oxygens (including phenoxy) is 2. The van der Waals surface area contributed by atoms with Gasteiger partial charge in [0.05, 0.1) is 63.1 Å². The van der Waals surface area contributed by atoms with Crippen LogP contribution in [-0.2, 0) is 24.6 Å². The Morgan fingerprint density at radius 1 is 1.13 bits per heavy atom. The Kier molecular flexibility index (Phi) is 11.1. The molecular formula is C33H51IN8O3Si. The average molecular weight is 763 g/mol. The predicted molar refractivity (Wildman–Crippen MR) is 195 cm³/mol. The van der Waals surface area contributed by atoms with Crippen LogP contribution in [0.2, 0.25) is 18.1 Å².